The lowest BCUT2D eigenvalue weighted by atomic mass is 10.1. The first-order valence-electron chi connectivity index (χ1n) is 8.85. The molecule has 0 aliphatic rings. The number of rotatable bonds is 6. The van der Waals surface area contributed by atoms with Crippen molar-refractivity contribution in [3.63, 3.8) is 0 Å². The van der Waals surface area contributed by atoms with Crippen LogP contribution in [0.25, 0.3) is 22.8 Å². The van der Waals surface area contributed by atoms with Crippen LogP contribution in [-0.2, 0) is 12.3 Å². The minimum Gasteiger partial charge on any atom is -0.420 e. The molecule has 0 bridgehead atoms. The van der Waals surface area contributed by atoms with Crippen LogP contribution in [0, 0.1) is 6.92 Å². The van der Waals surface area contributed by atoms with Gasteiger partial charge in [-0.05, 0) is 44.2 Å². The molecule has 0 aliphatic carbocycles. The maximum absolute atomic E-state index is 5.92. The third-order valence-corrected chi connectivity index (χ3v) is 5.40. The molecule has 2 aromatic heterocycles. The molecule has 0 saturated carbocycles. The van der Waals surface area contributed by atoms with Crippen molar-refractivity contribution in [2.24, 2.45) is 0 Å². The minimum atomic E-state index is 0.477. The Morgan fingerprint density at radius 2 is 1.82 bits per heavy atom. The molecule has 0 atom stereocenters. The number of aromatic nitrogens is 5. The van der Waals surface area contributed by atoms with Crippen molar-refractivity contribution in [3.8, 4) is 22.8 Å². The standard InChI is InChI=1S/C20H18ClN5OS/c1-3-26-18(15-6-4-5-13(2)11-15)23-25-20(26)28-12-17-22-24-19(27-17)14-7-9-16(21)10-8-14/h4-11H,3,12H2,1-2H3. The highest BCUT2D eigenvalue weighted by atomic mass is 35.5. The van der Waals surface area contributed by atoms with Gasteiger partial charge in [0.25, 0.3) is 0 Å². The van der Waals surface area contributed by atoms with Crippen LogP contribution in [0.5, 0.6) is 0 Å². The third-order valence-electron chi connectivity index (χ3n) is 4.19. The SMILES string of the molecule is CCn1c(SCc2nnc(-c3ccc(Cl)cc3)o2)nnc1-c1cccc(C)c1. The predicted molar refractivity (Wildman–Crippen MR) is 110 cm³/mol. The summed E-state index contributed by atoms with van der Waals surface area (Å²) in [5.74, 6) is 2.40. The molecule has 8 heteroatoms. The Balaban J connectivity index is 1.50. The quantitative estimate of drug-likeness (QED) is 0.402. The first kappa shape index (κ1) is 18.7. The van der Waals surface area contributed by atoms with E-state index in [-0.39, 0.29) is 0 Å². The lowest BCUT2D eigenvalue weighted by Gasteiger charge is -2.07. The molecule has 2 aromatic carbocycles. The molecule has 6 nitrogen and oxygen atoms in total. The molecule has 0 unspecified atom stereocenters. The van der Waals surface area contributed by atoms with Crippen molar-refractivity contribution in [2.45, 2.75) is 31.3 Å². The molecule has 0 aliphatic heterocycles. The van der Waals surface area contributed by atoms with Crippen LogP contribution < -0.4 is 0 Å². The molecule has 0 spiro atoms. The van der Waals surface area contributed by atoms with Gasteiger partial charge in [0.15, 0.2) is 11.0 Å². The molecule has 0 radical (unpaired) electrons. The molecule has 28 heavy (non-hydrogen) atoms. The van der Waals surface area contributed by atoms with E-state index in [9.17, 15) is 0 Å². The van der Waals surface area contributed by atoms with Gasteiger partial charge in [-0.1, -0.05) is 47.1 Å². The van der Waals surface area contributed by atoms with Crippen LogP contribution in [0.2, 0.25) is 5.02 Å². The van der Waals surface area contributed by atoms with Gasteiger partial charge in [0, 0.05) is 22.7 Å². The molecule has 4 rings (SSSR count). The summed E-state index contributed by atoms with van der Waals surface area (Å²) in [4.78, 5) is 0. The Morgan fingerprint density at radius 1 is 1.00 bits per heavy atom. The van der Waals surface area contributed by atoms with E-state index in [4.69, 9.17) is 16.0 Å². The molecular weight excluding hydrogens is 394 g/mol. The van der Waals surface area contributed by atoms with Crippen molar-refractivity contribution >= 4 is 23.4 Å². The summed E-state index contributed by atoms with van der Waals surface area (Å²) < 4.78 is 7.86. The summed E-state index contributed by atoms with van der Waals surface area (Å²) in [6.07, 6.45) is 0. The predicted octanol–water partition coefficient (Wildman–Crippen LogP) is 5.27. The second-order valence-corrected chi connectivity index (χ2v) is 7.60. The number of thioether (sulfide) groups is 1. The van der Waals surface area contributed by atoms with E-state index >= 15 is 0 Å². The molecule has 0 saturated heterocycles. The van der Waals surface area contributed by atoms with Crippen LogP contribution in [0.3, 0.4) is 0 Å². The number of hydrogen-bond donors (Lipinski definition) is 0. The Hall–Kier alpha value is -2.64. The number of aryl methyl sites for hydroxylation is 1. The zero-order valence-corrected chi connectivity index (χ0v) is 17.0. The summed E-state index contributed by atoms with van der Waals surface area (Å²) in [6, 6.07) is 15.6. The van der Waals surface area contributed by atoms with E-state index < -0.39 is 0 Å². The molecule has 0 amide bonds. The monoisotopic (exact) mass is 411 g/mol. The molecule has 2 heterocycles. The van der Waals surface area contributed by atoms with Gasteiger partial charge >= 0.3 is 0 Å². The summed E-state index contributed by atoms with van der Waals surface area (Å²) in [5, 5.41) is 18.5. The summed E-state index contributed by atoms with van der Waals surface area (Å²) >= 11 is 7.45. The Labute approximate surface area is 172 Å². The highest BCUT2D eigenvalue weighted by Gasteiger charge is 2.15. The van der Waals surface area contributed by atoms with E-state index in [1.165, 1.54) is 17.3 Å². The summed E-state index contributed by atoms with van der Waals surface area (Å²) in [5.41, 5.74) is 3.09. The van der Waals surface area contributed by atoms with Gasteiger partial charge in [0.05, 0.1) is 5.75 Å². The topological polar surface area (TPSA) is 69.6 Å². The fourth-order valence-corrected chi connectivity index (χ4v) is 3.79. The van der Waals surface area contributed by atoms with Gasteiger partial charge in [-0.2, -0.15) is 0 Å². The normalized spacial score (nSPS) is 11.1. The van der Waals surface area contributed by atoms with Crippen LogP contribution in [0.15, 0.2) is 58.1 Å². The Bertz CT molecular complexity index is 1090. The van der Waals surface area contributed by atoms with Crippen LogP contribution >= 0.6 is 23.4 Å². The maximum atomic E-state index is 5.92. The Kier molecular flexibility index (Phi) is 5.45. The highest BCUT2D eigenvalue weighted by molar-refractivity contribution is 7.98. The van der Waals surface area contributed by atoms with Gasteiger partial charge in [0.2, 0.25) is 11.8 Å². The molecule has 0 N–H and O–H groups in total. The van der Waals surface area contributed by atoms with E-state index in [0.717, 1.165) is 28.7 Å². The zero-order chi connectivity index (χ0) is 19.5. The second-order valence-electron chi connectivity index (χ2n) is 6.22. The third kappa shape index (κ3) is 3.95. The van der Waals surface area contributed by atoms with Gasteiger partial charge in [0.1, 0.15) is 0 Å². The van der Waals surface area contributed by atoms with E-state index in [0.29, 0.717) is 22.6 Å². The number of hydrogen-bond acceptors (Lipinski definition) is 6. The second kappa shape index (κ2) is 8.16. The number of benzene rings is 2. The minimum absolute atomic E-state index is 0.477. The smallest absolute Gasteiger partial charge is 0.247 e. The van der Waals surface area contributed by atoms with Crippen molar-refractivity contribution in [1.82, 2.24) is 25.0 Å². The lowest BCUT2D eigenvalue weighted by Crippen LogP contribution is -2.00. The van der Waals surface area contributed by atoms with Crippen molar-refractivity contribution in [2.75, 3.05) is 0 Å². The number of nitrogens with zero attached hydrogens (tertiary/aromatic N) is 5. The average Bonchev–Trinajstić information content (AvgIpc) is 3.33. The maximum Gasteiger partial charge on any atom is 0.247 e. The van der Waals surface area contributed by atoms with Crippen LogP contribution in [0.1, 0.15) is 18.4 Å². The number of halogens is 1. The first-order valence-corrected chi connectivity index (χ1v) is 10.2. The fraction of sp³-hybridized carbons (Fsp3) is 0.200. The van der Waals surface area contributed by atoms with Gasteiger partial charge in [-0.25, -0.2) is 0 Å². The van der Waals surface area contributed by atoms with Gasteiger partial charge in [-0.15, -0.1) is 20.4 Å². The fourth-order valence-electron chi connectivity index (χ4n) is 2.83. The van der Waals surface area contributed by atoms with E-state index in [2.05, 4.69) is 50.9 Å². The highest BCUT2D eigenvalue weighted by Crippen LogP contribution is 2.27. The van der Waals surface area contributed by atoms with Crippen molar-refractivity contribution < 1.29 is 4.42 Å². The van der Waals surface area contributed by atoms with Crippen LogP contribution in [-0.4, -0.2) is 25.0 Å². The van der Waals surface area contributed by atoms with E-state index in [1.54, 1.807) is 12.1 Å². The van der Waals surface area contributed by atoms with Crippen molar-refractivity contribution in [3.05, 3.63) is 65.0 Å². The Morgan fingerprint density at radius 3 is 2.57 bits per heavy atom. The summed E-state index contributed by atoms with van der Waals surface area (Å²) in [7, 11) is 0. The largest absolute Gasteiger partial charge is 0.420 e. The molecule has 142 valence electrons. The average molecular weight is 412 g/mol. The van der Waals surface area contributed by atoms with E-state index in [1.807, 2.05) is 24.3 Å². The van der Waals surface area contributed by atoms with Gasteiger partial charge in [-0.3, -0.25) is 0 Å². The summed E-state index contributed by atoms with van der Waals surface area (Å²) in [6.45, 7) is 4.93. The zero-order valence-electron chi connectivity index (χ0n) is 15.5. The van der Waals surface area contributed by atoms with Crippen molar-refractivity contribution in [1.29, 1.82) is 0 Å². The lowest BCUT2D eigenvalue weighted by molar-refractivity contribution is 0.528. The molecule has 0 fully saturated rings. The first-order chi connectivity index (χ1) is 13.6. The van der Waals surface area contributed by atoms with Gasteiger partial charge < -0.3 is 8.98 Å². The molecule has 4 aromatic rings. The molecular formula is C20H18ClN5OS. The van der Waals surface area contributed by atoms with Crippen LogP contribution in [0.4, 0.5) is 0 Å².